The van der Waals surface area contributed by atoms with Gasteiger partial charge in [-0.25, -0.2) is 4.39 Å². The van der Waals surface area contributed by atoms with Crippen molar-refractivity contribution in [2.75, 3.05) is 5.75 Å². The molecule has 0 aliphatic heterocycles. The molecule has 0 saturated carbocycles. The van der Waals surface area contributed by atoms with Gasteiger partial charge in [0.25, 0.3) is 0 Å². The van der Waals surface area contributed by atoms with E-state index < -0.39 is 6.04 Å². The highest BCUT2D eigenvalue weighted by atomic mass is 32.2. The summed E-state index contributed by atoms with van der Waals surface area (Å²) in [6, 6.07) is 13.8. The number of hydrogen-bond donors (Lipinski definition) is 1. The standard InChI is InChI=1S/C24H31FN2O2S/c1-17-10-6-7-11-19(17)14-27(18(2)23(29)26-24(3,4)5)22(28)16-30-15-20-12-8-9-13-21(20)25/h6-13,18H,14-16H2,1-5H3,(H,26,29). The number of thioether (sulfide) groups is 1. The van der Waals surface area contributed by atoms with Crippen molar-refractivity contribution in [3.05, 3.63) is 71.0 Å². The van der Waals surface area contributed by atoms with Gasteiger partial charge in [-0.05, 0) is 57.4 Å². The van der Waals surface area contributed by atoms with Crippen LogP contribution in [0.5, 0.6) is 0 Å². The number of nitrogens with zero attached hydrogens (tertiary/aromatic N) is 1. The van der Waals surface area contributed by atoms with E-state index in [9.17, 15) is 14.0 Å². The molecular formula is C24H31FN2O2S. The van der Waals surface area contributed by atoms with E-state index in [-0.39, 0.29) is 28.9 Å². The van der Waals surface area contributed by atoms with Crippen LogP contribution >= 0.6 is 11.8 Å². The first kappa shape index (κ1) is 23.9. The topological polar surface area (TPSA) is 49.4 Å². The number of nitrogens with one attached hydrogen (secondary N) is 1. The first-order chi connectivity index (χ1) is 14.1. The molecule has 0 fully saturated rings. The summed E-state index contributed by atoms with van der Waals surface area (Å²) in [5.41, 5.74) is 2.25. The first-order valence-electron chi connectivity index (χ1n) is 10.1. The van der Waals surface area contributed by atoms with Gasteiger partial charge in [-0.1, -0.05) is 42.5 Å². The van der Waals surface area contributed by atoms with Crippen molar-refractivity contribution in [3.63, 3.8) is 0 Å². The number of aryl methyl sites for hydroxylation is 1. The van der Waals surface area contributed by atoms with Gasteiger partial charge in [0.2, 0.25) is 11.8 Å². The lowest BCUT2D eigenvalue weighted by Crippen LogP contribution is -2.52. The van der Waals surface area contributed by atoms with E-state index >= 15 is 0 Å². The van der Waals surface area contributed by atoms with Gasteiger partial charge >= 0.3 is 0 Å². The molecule has 1 unspecified atom stereocenters. The van der Waals surface area contributed by atoms with Crippen molar-refractivity contribution in [1.82, 2.24) is 10.2 Å². The molecule has 30 heavy (non-hydrogen) atoms. The summed E-state index contributed by atoms with van der Waals surface area (Å²) in [4.78, 5) is 27.4. The van der Waals surface area contributed by atoms with E-state index in [1.165, 1.54) is 17.8 Å². The lowest BCUT2D eigenvalue weighted by molar-refractivity contribution is -0.139. The zero-order valence-corrected chi connectivity index (χ0v) is 19.2. The minimum absolute atomic E-state index is 0.142. The molecule has 0 radical (unpaired) electrons. The van der Waals surface area contributed by atoms with E-state index in [1.807, 2.05) is 52.0 Å². The Bertz CT molecular complexity index is 880. The summed E-state index contributed by atoms with van der Waals surface area (Å²) in [6.45, 7) is 9.83. The summed E-state index contributed by atoms with van der Waals surface area (Å²) in [6.07, 6.45) is 0. The molecule has 0 aliphatic carbocycles. The molecule has 2 amide bonds. The predicted molar refractivity (Wildman–Crippen MR) is 122 cm³/mol. The maximum atomic E-state index is 13.8. The zero-order chi connectivity index (χ0) is 22.3. The second-order valence-corrected chi connectivity index (χ2v) is 9.43. The lowest BCUT2D eigenvalue weighted by atomic mass is 10.1. The highest BCUT2D eigenvalue weighted by Crippen LogP contribution is 2.19. The van der Waals surface area contributed by atoms with Crippen LogP contribution in [0.15, 0.2) is 48.5 Å². The fourth-order valence-corrected chi connectivity index (χ4v) is 3.87. The van der Waals surface area contributed by atoms with Gasteiger partial charge in [0.05, 0.1) is 5.75 Å². The van der Waals surface area contributed by atoms with Crippen LogP contribution in [0.25, 0.3) is 0 Å². The molecule has 0 spiro atoms. The van der Waals surface area contributed by atoms with Gasteiger partial charge in [0.1, 0.15) is 11.9 Å². The average Bonchev–Trinajstić information content (AvgIpc) is 2.67. The van der Waals surface area contributed by atoms with Crippen molar-refractivity contribution in [3.8, 4) is 0 Å². The Kier molecular flexibility index (Phi) is 8.47. The molecule has 0 aliphatic rings. The third-order valence-corrected chi connectivity index (χ3v) is 5.67. The van der Waals surface area contributed by atoms with E-state index in [2.05, 4.69) is 5.32 Å². The monoisotopic (exact) mass is 430 g/mol. The summed E-state index contributed by atoms with van der Waals surface area (Å²) in [7, 11) is 0. The molecule has 162 valence electrons. The summed E-state index contributed by atoms with van der Waals surface area (Å²) < 4.78 is 13.8. The van der Waals surface area contributed by atoms with Crippen molar-refractivity contribution >= 4 is 23.6 Å². The van der Waals surface area contributed by atoms with Crippen molar-refractivity contribution in [1.29, 1.82) is 0 Å². The summed E-state index contributed by atoms with van der Waals surface area (Å²) >= 11 is 1.35. The third kappa shape index (κ3) is 7.17. The molecule has 0 saturated heterocycles. The number of amides is 2. The van der Waals surface area contributed by atoms with Crippen LogP contribution in [0.1, 0.15) is 44.4 Å². The normalized spacial score (nSPS) is 12.3. The van der Waals surface area contributed by atoms with E-state index in [4.69, 9.17) is 0 Å². The molecular weight excluding hydrogens is 399 g/mol. The van der Waals surface area contributed by atoms with Crippen LogP contribution < -0.4 is 5.32 Å². The first-order valence-corrected chi connectivity index (χ1v) is 11.2. The van der Waals surface area contributed by atoms with Crippen molar-refractivity contribution in [2.24, 2.45) is 0 Å². The van der Waals surface area contributed by atoms with Gasteiger partial charge in [-0.3, -0.25) is 9.59 Å². The van der Waals surface area contributed by atoms with Crippen molar-refractivity contribution in [2.45, 2.75) is 58.5 Å². The Hall–Kier alpha value is -2.34. The van der Waals surface area contributed by atoms with Crippen LogP contribution in [0.3, 0.4) is 0 Å². The molecule has 6 heteroatoms. The maximum Gasteiger partial charge on any atom is 0.242 e. The molecule has 1 N–H and O–H groups in total. The van der Waals surface area contributed by atoms with Crippen LogP contribution in [-0.2, 0) is 21.9 Å². The number of carbonyl (C=O) groups excluding carboxylic acids is 2. The molecule has 1 atom stereocenters. The molecule has 2 aromatic carbocycles. The maximum absolute atomic E-state index is 13.8. The van der Waals surface area contributed by atoms with Crippen molar-refractivity contribution < 1.29 is 14.0 Å². The lowest BCUT2D eigenvalue weighted by Gasteiger charge is -2.31. The molecule has 2 rings (SSSR count). The Morgan fingerprint density at radius 3 is 2.27 bits per heavy atom. The fraction of sp³-hybridized carbons (Fsp3) is 0.417. The Labute approximate surface area is 183 Å². The van der Waals surface area contributed by atoms with Crippen LogP contribution in [0, 0.1) is 12.7 Å². The molecule has 0 heterocycles. The van der Waals surface area contributed by atoms with Gasteiger partial charge in [-0.2, -0.15) is 0 Å². The smallest absolute Gasteiger partial charge is 0.242 e. The highest BCUT2D eigenvalue weighted by molar-refractivity contribution is 7.99. The number of carbonyl (C=O) groups is 2. The van der Waals surface area contributed by atoms with Gasteiger partial charge in [0, 0.05) is 17.8 Å². The van der Waals surface area contributed by atoms with Gasteiger partial charge in [-0.15, -0.1) is 11.8 Å². The molecule has 4 nitrogen and oxygen atoms in total. The Morgan fingerprint density at radius 1 is 1.07 bits per heavy atom. The number of rotatable bonds is 8. The van der Waals surface area contributed by atoms with Crippen LogP contribution in [0.4, 0.5) is 4.39 Å². The van der Waals surface area contributed by atoms with E-state index in [0.29, 0.717) is 17.9 Å². The predicted octanol–water partition coefficient (Wildman–Crippen LogP) is 4.70. The Balaban J connectivity index is 2.13. The number of benzene rings is 2. The largest absolute Gasteiger partial charge is 0.350 e. The summed E-state index contributed by atoms with van der Waals surface area (Å²) in [5.74, 6) is -0.0289. The van der Waals surface area contributed by atoms with Gasteiger partial charge < -0.3 is 10.2 Å². The van der Waals surface area contributed by atoms with Crippen LogP contribution in [0.2, 0.25) is 0 Å². The highest BCUT2D eigenvalue weighted by Gasteiger charge is 2.28. The van der Waals surface area contributed by atoms with E-state index in [0.717, 1.165) is 11.1 Å². The summed E-state index contributed by atoms with van der Waals surface area (Å²) in [5, 5.41) is 2.95. The quantitative estimate of drug-likeness (QED) is 0.660. The van der Waals surface area contributed by atoms with E-state index in [1.54, 1.807) is 30.0 Å². The second kappa shape index (κ2) is 10.6. The SMILES string of the molecule is Cc1ccccc1CN(C(=O)CSCc1ccccc1F)C(C)C(=O)NC(C)(C)C. The minimum Gasteiger partial charge on any atom is -0.350 e. The second-order valence-electron chi connectivity index (χ2n) is 8.45. The third-order valence-electron chi connectivity index (χ3n) is 4.71. The number of hydrogen-bond acceptors (Lipinski definition) is 3. The average molecular weight is 431 g/mol. The number of halogens is 1. The van der Waals surface area contributed by atoms with Gasteiger partial charge in [0.15, 0.2) is 0 Å². The molecule has 0 aromatic heterocycles. The minimum atomic E-state index is -0.620. The molecule has 2 aromatic rings. The Morgan fingerprint density at radius 2 is 1.67 bits per heavy atom. The fourth-order valence-electron chi connectivity index (χ4n) is 2.97. The molecule has 0 bridgehead atoms. The zero-order valence-electron chi connectivity index (χ0n) is 18.4. The van der Waals surface area contributed by atoms with Crippen LogP contribution in [-0.4, -0.2) is 34.0 Å².